The third-order valence-corrected chi connectivity index (χ3v) is 6.59. The van der Waals surface area contributed by atoms with Crippen LogP contribution < -0.4 is 21.1 Å². The van der Waals surface area contributed by atoms with E-state index in [2.05, 4.69) is 20.2 Å². The van der Waals surface area contributed by atoms with Crippen molar-refractivity contribution in [1.29, 1.82) is 0 Å². The first kappa shape index (κ1) is 23.1. The number of nitrogen functional groups attached to an aromatic ring is 1. The maximum atomic E-state index is 10.4. The molecule has 1 saturated carbocycles. The molecule has 1 aromatic carbocycles. The van der Waals surface area contributed by atoms with Gasteiger partial charge in [-0.15, -0.1) is 0 Å². The number of fused-ring (bicyclic) bond motifs is 1. The van der Waals surface area contributed by atoms with Gasteiger partial charge in [0.2, 0.25) is 5.95 Å². The number of benzene rings is 1. The van der Waals surface area contributed by atoms with Crippen molar-refractivity contribution in [2.45, 2.75) is 77.1 Å². The topological polar surface area (TPSA) is 123 Å². The van der Waals surface area contributed by atoms with Gasteiger partial charge in [0.1, 0.15) is 5.75 Å². The molecule has 0 radical (unpaired) electrons. The average Bonchev–Trinajstić information content (AvgIpc) is 3.22. The first-order valence-electron chi connectivity index (χ1n) is 11.7. The molecule has 33 heavy (non-hydrogen) atoms. The summed E-state index contributed by atoms with van der Waals surface area (Å²) in [4.78, 5) is 14.2. The third-order valence-electron chi connectivity index (χ3n) is 6.59. The Morgan fingerprint density at radius 1 is 1.24 bits per heavy atom. The van der Waals surface area contributed by atoms with Gasteiger partial charge < -0.3 is 30.8 Å². The minimum Gasteiger partial charge on any atom is -0.497 e. The summed E-state index contributed by atoms with van der Waals surface area (Å²) in [7, 11) is 1.64. The molecule has 4 rings (SSSR count). The first-order chi connectivity index (χ1) is 15.8. The minimum absolute atomic E-state index is 0.247. The second kappa shape index (κ2) is 9.43. The van der Waals surface area contributed by atoms with Crippen LogP contribution in [0.3, 0.4) is 0 Å². The van der Waals surface area contributed by atoms with E-state index in [1.807, 2.05) is 31.5 Å². The van der Waals surface area contributed by atoms with Crippen LogP contribution in [0.25, 0.3) is 11.2 Å². The number of nitrogens with zero attached hydrogens (tertiary/aromatic N) is 4. The van der Waals surface area contributed by atoms with Crippen LogP contribution in [0.15, 0.2) is 24.5 Å². The number of nitrogens with one attached hydrogen (secondary N) is 2. The number of nitrogens with two attached hydrogens (primary N) is 1. The molecule has 0 saturated heterocycles. The van der Waals surface area contributed by atoms with Crippen molar-refractivity contribution in [2.75, 3.05) is 23.5 Å². The van der Waals surface area contributed by atoms with E-state index in [1.54, 1.807) is 21.0 Å². The van der Waals surface area contributed by atoms with Crippen molar-refractivity contribution in [3.8, 4) is 5.75 Å². The molecule has 9 heteroatoms. The van der Waals surface area contributed by atoms with Gasteiger partial charge in [-0.05, 0) is 57.4 Å². The van der Waals surface area contributed by atoms with Crippen LogP contribution in [0, 0.1) is 0 Å². The molecule has 0 amide bonds. The van der Waals surface area contributed by atoms with Gasteiger partial charge in [-0.3, -0.25) is 0 Å². The lowest BCUT2D eigenvalue weighted by Crippen LogP contribution is -2.39. The van der Waals surface area contributed by atoms with E-state index in [0.29, 0.717) is 30.0 Å². The van der Waals surface area contributed by atoms with Gasteiger partial charge in [0.15, 0.2) is 17.0 Å². The fraction of sp³-hybridized carbons (Fsp3) is 0.542. The minimum atomic E-state index is -0.926. The van der Waals surface area contributed by atoms with Crippen LogP contribution in [-0.4, -0.2) is 43.4 Å². The van der Waals surface area contributed by atoms with E-state index in [9.17, 15) is 5.11 Å². The highest BCUT2D eigenvalue weighted by molar-refractivity contribution is 5.84. The predicted octanol–water partition coefficient (Wildman–Crippen LogP) is 4.11. The van der Waals surface area contributed by atoms with Crippen LogP contribution in [-0.2, 0) is 6.54 Å². The fourth-order valence-corrected chi connectivity index (χ4v) is 4.14. The molecule has 0 spiro atoms. The summed E-state index contributed by atoms with van der Waals surface area (Å²) in [6, 6.07) is 5.73. The van der Waals surface area contributed by atoms with Gasteiger partial charge >= 0.3 is 0 Å². The molecule has 1 aliphatic carbocycles. The first-order valence-corrected chi connectivity index (χ1v) is 11.7. The summed E-state index contributed by atoms with van der Waals surface area (Å²) in [6.07, 6.45) is 7.85. The van der Waals surface area contributed by atoms with E-state index >= 15 is 0 Å². The van der Waals surface area contributed by atoms with Crippen molar-refractivity contribution < 1.29 is 9.84 Å². The Kier molecular flexibility index (Phi) is 6.60. The molecule has 178 valence electrons. The summed E-state index contributed by atoms with van der Waals surface area (Å²) in [6.45, 7) is 5.91. The van der Waals surface area contributed by atoms with E-state index in [1.165, 1.54) is 19.3 Å². The number of hydrogen-bond acceptors (Lipinski definition) is 8. The van der Waals surface area contributed by atoms with E-state index < -0.39 is 5.60 Å². The van der Waals surface area contributed by atoms with Gasteiger partial charge in [-0.25, -0.2) is 4.98 Å². The molecule has 1 aliphatic rings. The quantitative estimate of drug-likeness (QED) is 0.376. The number of methoxy groups -OCH3 is 1. The second-order valence-corrected chi connectivity index (χ2v) is 9.45. The average molecular weight is 454 g/mol. The number of aromatic nitrogens is 4. The molecule has 2 aromatic heterocycles. The maximum Gasteiger partial charge on any atom is 0.227 e. The Bertz CT molecular complexity index is 1100. The highest BCUT2D eigenvalue weighted by Crippen LogP contribution is 2.32. The Labute approximate surface area is 194 Å². The maximum absolute atomic E-state index is 10.4. The smallest absolute Gasteiger partial charge is 0.227 e. The predicted molar refractivity (Wildman–Crippen MR) is 132 cm³/mol. The summed E-state index contributed by atoms with van der Waals surface area (Å²) in [5, 5.41) is 17.1. The van der Waals surface area contributed by atoms with Crippen molar-refractivity contribution in [2.24, 2.45) is 0 Å². The normalized spacial score (nSPS) is 16.0. The van der Waals surface area contributed by atoms with Gasteiger partial charge in [0, 0.05) is 18.3 Å². The number of hydrogen-bond donors (Lipinski definition) is 4. The molecule has 2 heterocycles. The highest BCUT2D eigenvalue weighted by Gasteiger charge is 2.25. The Morgan fingerprint density at radius 3 is 2.70 bits per heavy atom. The molecule has 9 nitrogen and oxygen atoms in total. The zero-order valence-corrected chi connectivity index (χ0v) is 19.9. The Hall–Kier alpha value is -3.07. The molecule has 1 unspecified atom stereocenters. The lowest BCUT2D eigenvalue weighted by molar-refractivity contribution is 0.0646. The summed E-state index contributed by atoms with van der Waals surface area (Å²) < 4.78 is 7.52. The van der Waals surface area contributed by atoms with E-state index in [4.69, 9.17) is 20.4 Å². The van der Waals surface area contributed by atoms with E-state index in [0.717, 1.165) is 35.3 Å². The number of ether oxygens (including phenoxy) is 1. The zero-order valence-electron chi connectivity index (χ0n) is 19.9. The standard InChI is InChI=1S/C24H35N7O2/c1-15(24(2,3)32)28-23-29-21(26-13-16-12-18(33-4)10-11-19(16)25)20-22(30-23)31(14-27-20)17-8-6-5-7-9-17/h10-12,14-15,17,32H,5-9,13,25H2,1-4H3,(H2,26,28,29,30). The fourth-order valence-electron chi connectivity index (χ4n) is 4.14. The lowest BCUT2D eigenvalue weighted by atomic mass is 9.95. The molecule has 5 N–H and O–H groups in total. The van der Waals surface area contributed by atoms with Gasteiger partial charge in [-0.1, -0.05) is 19.3 Å². The van der Waals surface area contributed by atoms with Crippen LogP contribution in [0.1, 0.15) is 64.5 Å². The lowest BCUT2D eigenvalue weighted by Gasteiger charge is -2.27. The molecule has 1 atom stereocenters. The van der Waals surface area contributed by atoms with E-state index in [-0.39, 0.29) is 6.04 Å². The third kappa shape index (κ3) is 5.13. The van der Waals surface area contributed by atoms with Crippen molar-refractivity contribution in [3.63, 3.8) is 0 Å². The van der Waals surface area contributed by atoms with Gasteiger partial charge in [0.05, 0.1) is 25.1 Å². The van der Waals surface area contributed by atoms with Gasteiger partial charge in [-0.2, -0.15) is 9.97 Å². The molecule has 1 fully saturated rings. The molecule has 0 bridgehead atoms. The summed E-state index contributed by atoms with van der Waals surface area (Å²) in [5.41, 5.74) is 8.36. The monoisotopic (exact) mass is 453 g/mol. The van der Waals surface area contributed by atoms with Crippen molar-refractivity contribution >= 4 is 28.6 Å². The number of anilines is 3. The zero-order chi connectivity index (χ0) is 23.6. The van der Waals surface area contributed by atoms with Gasteiger partial charge in [0.25, 0.3) is 0 Å². The van der Waals surface area contributed by atoms with Crippen molar-refractivity contribution in [1.82, 2.24) is 19.5 Å². The summed E-state index contributed by atoms with van der Waals surface area (Å²) in [5.74, 6) is 1.83. The molecule has 3 aromatic rings. The van der Waals surface area contributed by atoms with Crippen molar-refractivity contribution in [3.05, 3.63) is 30.1 Å². The number of imidazole rings is 1. The van der Waals surface area contributed by atoms with Crippen LogP contribution in [0.5, 0.6) is 5.75 Å². The Morgan fingerprint density at radius 2 is 2.00 bits per heavy atom. The molecule has 0 aliphatic heterocycles. The molecular formula is C24H35N7O2. The largest absolute Gasteiger partial charge is 0.497 e. The number of aliphatic hydroxyl groups is 1. The van der Waals surface area contributed by atoms with Crippen LogP contribution in [0.4, 0.5) is 17.5 Å². The molecular weight excluding hydrogens is 418 g/mol. The summed E-state index contributed by atoms with van der Waals surface area (Å²) >= 11 is 0. The number of rotatable bonds is 8. The Balaban J connectivity index is 1.69. The SMILES string of the molecule is COc1ccc(N)c(CNc2nc(NC(C)C(C)(C)O)nc3c2ncn3C2CCCCC2)c1. The second-order valence-electron chi connectivity index (χ2n) is 9.45. The highest BCUT2D eigenvalue weighted by atomic mass is 16.5. The van der Waals surface area contributed by atoms with Crippen LogP contribution in [0.2, 0.25) is 0 Å². The van der Waals surface area contributed by atoms with Crippen LogP contribution >= 0.6 is 0 Å².